The maximum Gasteiger partial charge on any atom is 0.324 e. The van der Waals surface area contributed by atoms with Crippen LogP contribution in [-0.4, -0.2) is 24.0 Å². The summed E-state index contributed by atoms with van der Waals surface area (Å²) in [5, 5.41) is 0. The number of nitrogens with zero attached hydrogens (tertiary/aromatic N) is 1. The number of likely N-dealkylation sites (N-methyl/N-ethyl adjacent to an activating group) is 1. The Balaban J connectivity index is 1.70. The second kappa shape index (κ2) is 9.70. The van der Waals surface area contributed by atoms with Crippen LogP contribution in [0, 0.1) is 0 Å². The van der Waals surface area contributed by atoms with Gasteiger partial charge in [-0.05, 0) is 30.2 Å². The average Bonchev–Trinajstić information content (AvgIpc) is 2.72. The van der Waals surface area contributed by atoms with E-state index in [2.05, 4.69) is 17.0 Å². The summed E-state index contributed by atoms with van der Waals surface area (Å²) in [5.74, 6) is -0.193. The molecule has 0 aromatic heterocycles. The molecule has 1 atom stereocenters. The molecular weight excluding hydrogens is 334 g/mol. The van der Waals surface area contributed by atoms with Crippen molar-refractivity contribution in [3.63, 3.8) is 0 Å². The summed E-state index contributed by atoms with van der Waals surface area (Å²) in [7, 11) is 1.98. The van der Waals surface area contributed by atoms with Crippen LogP contribution in [0.5, 0.6) is 0 Å². The molecule has 0 N–H and O–H groups in total. The van der Waals surface area contributed by atoms with Crippen molar-refractivity contribution in [1.29, 1.82) is 0 Å². The number of esters is 1. The van der Waals surface area contributed by atoms with Crippen LogP contribution in [0.15, 0.2) is 91.0 Å². The highest BCUT2D eigenvalue weighted by atomic mass is 16.5. The largest absolute Gasteiger partial charge is 0.460 e. The van der Waals surface area contributed by atoms with Gasteiger partial charge in [-0.3, -0.25) is 9.69 Å². The highest BCUT2D eigenvalue weighted by Gasteiger charge is 2.25. The molecular formula is C24H25NO2. The van der Waals surface area contributed by atoms with Gasteiger partial charge in [0, 0.05) is 6.54 Å². The number of hydrogen-bond donors (Lipinski definition) is 0. The van der Waals surface area contributed by atoms with Crippen molar-refractivity contribution < 1.29 is 9.53 Å². The van der Waals surface area contributed by atoms with E-state index in [1.165, 1.54) is 5.56 Å². The molecule has 0 spiro atoms. The molecule has 138 valence electrons. The zero-order chi connectivity index (χ0) is 18.9. The van der Waals surface area contributed by atoms with Crippen LogP contribution in [0.3, 0.4) is 0 Å². The number of rotatable bonds is 8. The summed E-state index contributed by atoms with van der Waals surface area (Å²) in [6, 6.07) is 29.7. The summed E-state index contributed by atoms with van der Waals surface area (Å²) >= 11 is 0. The Morgan fingerprint density at radius 3 is 1.81 bits per heavy atom. The highest BCUT2D eigenvalue weighted by molar-refractivity contribution is 5.76. The van der Waals surface area contributed by atoms with E-state index >= 15 is 0 Å². The standard InChI is InChI=1S/C24H25NO2/c1-25(18-21-13-7-3-8-14-21)23(17-20-11-5-2-6-12-20)24(26)27-19-22-15-9-4-10-16-22/h2-16,23H,17-19H2,1H3/t23-/m0/s1. The second-order valence-corrected chi connectivity index (χ2v) is 6.70. The lowest BCUT2D eigenvalue weighted by Gasteiger charge is -2.26. The number of benzene rings is 3. The molecule has 27 heavy (non-hydrogen) atoms. The quantitative estimate of drug-likeness (QED) is 0.556. The Hall–Kier alpha value is -2.91. The van der Waals surface area contributed by atoms with E-state index < -0.39 is 0 Å². The molecule has 0 unspecified atom stereocenters. The molecule has 0 aliphatic carbocycles. The topological polar surface area (TPSA) is 29.5 Å². The predicted molar refractivity (Wildman–Crippen MR) is 108 cm³/mol. The number of carbonyl (C=O) groups is 1. The van der Waals surface area contributed by atoms with Crippen molar-refractivity contribution in [2.75, 3.05) is 7.05 Å². The zero-order valence-electron chi connectivity index (χ0n) is 15.6. The summed E-state index contributed by atoms with van der Waals surface area (Å²) in [5.41, 5.74) is 3.29. The number of ether oxygens (including phenoxy) is 1. The van der Waals surface area contributed by atoms with Crippen LogP contribution >= 0.6 is 0 Å². The van der Waals surface area contributed by atoms with Crippen LogP contribution in [0.2, 0.25) is 0 Å². The first-order valence-electron chi connectivity index (χ1n) is 9.21. The van der Waals surface area contributed by atoms with Crippen LogP contribution in [0.1, 0.15) is 16.7 Å². The van der Waals surface area contributed by atoms with E-state index in [0.717, 1.165) is 11.1 Å². The maximum absolute atomic E-state index is 12.9. The third kappa shape index (κ3) is 5.80. The molecule has 0 saturated carbocycles. The van der Waals surface area contributed by atoms with Gasteiger partial charge in [-0.1, -0.05) is 91.0 Å². The summed E-state index contributed by atoms with van der Waals surface area (Å²) in [6.45, 7) is 0.989. The first-order chi connectivity index (χ1) is 13.2. The number of hydrogen-bond acceptors (Lipinski definition) is 3. The van der Waals surface area contributed by atoms with Gasteiger partial charge >= 0.3 is 5.97 Å². The van der Waals surface area contributed by atoms with Gasteiger partial charge in [0.25, 0.3) is 0 Å². The van der Waals surface area contributed by atoms with Gasteiger partial charge in [0.1, 0.15) is 12.6 Å². The van der Waals surface area contributed by atoms with Gasteiger partial charge in [0.05, 0.1) is 0 Å². The lowest BCUT2D eigenvalue weighted by Crippen LogP contribution is -2.41. The van der Waals surface area contributed by atoms with E-state index in [1.807, 2.05) is 85.9 Å². The van der Waals surface area contributed by atoms with Gasteiger partial charge in [-0.15, -0.1) is 0 Å². The molecule has 3 heteroatoms. The Kier molecular flexibility index (Phi) is 6.78. The minimum atomic E-state index is -0.337. The number of carbonyl (C=O) groups excluding carboxylic acids is 1. The van der Waals surface area contributed by atoms with Crippen molar-refractivity contribution in [3.05, 3.63) is 108 Å². The lowest BCUT2D eigenvalue weighted by molar-refractivity contribution is -0.151. The van der Waals surface area contributed by atoms with Gasteiger partial charge in [-0.25, -0.2) is 0 Å². The predicted octanol–water partition coefficient (Wildman–Crippen LogP) is 4.47. The van der Waals surface area contributed by atoms with E-state index in [4.69, 9.17) is 4.74 Å². The molecule has 0 amide bonds. The zero-order valence-corrected chi connectivity index (χ0v) is 15.6. The van der Waals surface area contributed by atoms with Gasteiger partial charge < -0.3 is 4.74 Å². The molecule has 0 saturated heterocycles. The summed E-state index contributed by atoms with van der Waals surface area (Å²) in [6.07, 6.45) is 0.623. The second-order valence-electron chi connectivity index (χ2n) is 6.70. The fourth-order valence-electron chi connectivity index (χ4n) is 3.06. The molecule has 3 nitrogen and oxygen atoms in total. The molecule has 3 aromatic rings. The highest BCUT2D eigenvalue weighted by Crippen LogP contribution is 2.14. The van der Waals surface area contributed by atoms with Crippen molar-refractivity contribution in [3.8, 4) is 0 Å². The molecule has 0 aliphatic heterocycles. The van der Waals surface area contributed by atoms with Crippen molar-refractivity contribution in [2.24, 2.45) is 0 Å². The van der Waals surface area contributed by atoms with Crippen LogP contribution < -0.4 is 0 Å². The Morgan fingerprint density at radius 1 is 0.778 bits per heavy atom. The molecule has 0 aliphatic rings. The monoisotopic (exact) mass is 359 g/mol. The van der Waals surface area contributed by atoms with Crippen molar-refractivity contribution >= 4 is 5.97 Å². The first kappa shape index (κ1) is 18.9. The molecule has 0 bridgehead atoms. The first-order valence-corrected chi connectivity index (χ1v) is 9.21. The van der Waals surface area contributed by atoms with E-state index in [-0.39, 0.29) is 12.0 Å². The smallest absolute Gasteiger partial charge is 0.324 e. The maximum atomic E-state index is 12.9. The van der Waals surface area contributed by atoms with Crippen LogP contribution in [0.25, 0.3) is 0 Å². The van der Waals surface area contributed by atoms with Crippen LogP contribution in [0.4, 0.5) is 0 Å². The molecule has 3 aromatic carbocycles. The normalized spacial score (nSPS) is 11.9. The third-order valence-electron chi connectivity index (χ3n) is 4.57. The van der Waals surface area contributed by atoms with E-state index in [1.54, 1.807) is 0 Å². The average molecular weight is 359 g/mol. The Bertz CT molecular complexity index is 819. The molecule has 0 heterocycles. The third-order valence-corrected chi connectivity index (χ3v) is 4.57. The lowest BCUT2D eigenvalue weighted by atomic mass is 10.0. The minimum absolute atomic E-state index is 0.193. The van der Waals surface area contributed by atoms with Gasteiger partial charge in [0.2, 0.25) is 0 Å². The van der Waals surface area contributed by atoms with E-state index in [0.29, 0.717) is 19.6 Å². The summed E-state index contributed by atoms with van der Waals surface area (Å²) < 4.78 is 5.64. The molecule has 0 radical (unpaired) electrons. The van der Waals surface area contributed by atoms with Gasteiger partial charge in [0.15, 0.2) is 0 Å². The Morgan fingerprint density at radius 2 is 1.26 bits per heavy atom. The van der Waals surface area contributed by atoms with Crippen LogP contribution in [-0.2, 0) is 29.1 Å². The molecule has 3 rings (SSSR count). The van der Waals surface area contributed by atoms with E-state index in [9.17, 15) is 4.79 Å². The van der Waals surface area contributed by atoms with Crippen molar-refractivity contribution in [1.82, 2.24) is 4.90 Å². The summed E-state index contributed by atoms with van der Waals surface area (Å²) in [4.78, 5) is 15.0. The fourth-order valence-corrected chi connectivity index (χ4v) is 3.06. The minimum Gasteiger partial charge on any atom is -0.460 e. The van der Waals surface area contributed by atoms with Gasteiger partial charge in [-0.2, -0.15) is 0 Å². The Labute approximate surface area is 161 Å². The van der Waals surface area contributed by atoms with Crippen molar-refractivity contribution in [2.45, 2.75) is 25.6 Å². The fraction of sp³-hybridized carbons (Fsp3) is 0.208. The molecule has 0 fully saturated rings. The SMILES string of the molecule is CN(Cc1ccccc1)[C@@H](Cc1ccccc1)C(=O)OCc1ccccc1.